The average molecular weight is 516 g/mol. The molecule has 0 radical (unpaired) electrons. The Morgan fingerprint density at radius 3 is 2.73 bits per heavy atom. The number of anilines is 1. The molecule has 0 spiro atoms. The van der Waals surface area contributed by atoms with E-state index in [1.54, 1.807) is 0 Å². The van der Waals surface area contributed by atoms with E-state index in [4.69, 9.17) is 9.98 Å². The fourth-order valence-electron chi connectivity index (χ4n) is 4.39. The van der Waals surface area contributed by atoms with Crippen molar-refractivity contribution in [3.63, 3.8) is 0 Å². The van der Waals surface area contributed by atoms with Crippen LogP contribution >= 0.6 is 24.0 Å². The number of aliphatic imine (C=N–C) groups is 1. The third-order valence-electron chi connectivity index (χ3n) is 6.14. The molecule has 7 heteroatoms. The van der Waals surface area contributed by atoms with Crippen molar-refractivity contribution < 1.29 is 0 Å². The molecule has 3 aromatic rings. The lowest BCUT2D eigenvalue weighted by molar-refractivity contribution is 0.462. The molecule has 1 aromatic heterocycles. The number of fused-ring (bicyclic) bond motifs is 1. The van der Waals surface area contributed by atoms with Gasteiger partial charge in [0.2, 0.25) is 5.95 Å². The van der Waals surface area contributed by atoms with E-state index in [1.165, 1.54) is 5.56 Å². The topological polar surface area (TPSA) is 68.3 Å². The van der Waals surface area contributed by atoms with Crippen molar-refractivity contribution in [1.82, 2.24) is 20.6 Å². The number of aromatic nitrogens is 2. The third-order valence-corrected chi connectivity index (χ3v) is 6.14. The summed E-state index contributed by atoms with van der Waals surface area (Å²) in [6.07, 6.45) is 2.29. The van der Waals surface area contributed by atoms with Crippen LogP contribution in [-0.2, 0) is 0 Å². The lowest BCUT2D eigenvalue weighted by Crippen LogP contribution is -2.51. The van der Waals surface area contributed by atoms with Gasteiger partial charge in [0.05, 0.1) is 23.6 Å². The number of hydrogen-bond acceptors (Lipinski definition) is 5. The van der Waals surface area contributed by atoms with Crippen molar-refractivity contribution in [2.75, 3.05) is 24.5 Å². The summed E-state index contributed by atoms with van der Waals surface area (Å²) < 4.78 is 0. The number of aromatic amines is 1. The number of rotatable bonds is 4. The zero-order chi connectivity index (χ0) is 19.6. The highest BCUT2D eigenvalue weighted by molar-refractivity contribution is 14.0. The van der Waals surface area contributed by atoms with E-state index in [0.717, 1.165) is 55.4 Å². The number of nitrogens with zero attached hydrogens (tertiary/aromatic N) is 3. The summed E-state index contributed by atoms with van der Waals surface area (Å²) in [5.74, 6) is 2.33. The van der Waals surface area contributed by atoms with Crippen LogP contribution in [0.2, 0.25) is 0 Å². The number of halogens is 1. The monoisotopic (exact) mass is 516 g/mol. The Labute approximate surface area is 194 Å². The zero-order valence-electron chi connectivity index (χ0n) is 17.2. The Balaban J connectivity index is 0.00000218. The van der Waals surface area contributed by atoms with Gasteiger partial charge in [0.15, 0.2) is 5.96 Å². The van der Waals surface area contributed by atoms with Crippen molar-refractivity contribution in [3.05, 3.63) is 60.2 Å². The van der Waals surface area contributed by atoms with Crippen LogP contribution in [0.1, 0.15) is 31.2 Å². The first-order chi connectivity index (χ1) is 14.3. The van der Waals surface area contributed by atoms with Crippen LogP contribution < -0.4 is 15.5 Å². The van der Waals surface area contributed by atoms with E-state index in [0.29, 0.717) is 18.0 Å². The molecule has 2 aromatic carbocycles. The number of H-pyrrole nitrogens is 1. The first kappa shape index (κ1) is 21.0. The van der Waals surface area contributed by atoms with Gasteiger partial charge in [-0.1, -0.05) is 49.4 Å². The molecule has 5 rings (SSSR count). The summed E-state index contributed by atoms with van der Waals surface area (Å²) in [4.78, 5) is 15.3. The molecule has 3 heterocycles. The van der Waals surface area contributed by atoms with Crippen molar-refractivity contribution in [1.29, 1.82) is 0 Å². The molecule has 0 aliphatic carbocycles. The molecule has 0 saturated carbocycles. The van der Waals surface area contributed by atoms with Crippen LogP contribution in [0.3, 0.4) is 0 Å². The number of imidazole rings is 1. The van der Waals surface area contributed by atoms with Crippen LogP contribution in [0.15, 0.2) is 59.6 Å². The minimum atomic E-state index is 0. The average Bonchev–Trinajstić information content (AvgIpc) is 3.41. The quantitative estimate of drug-likeness (QED) is 0.461. The molecule has 3 N–H and O–H groups in total. The molecule has 3 unspecified atom stereocenters. The second kappa shape index (κ2) is 9.24. The molecule has 1 saturated heterocycles. The fourth-order valence-corrected chi connectivity index (χ4v) is 4.39. The minimum Gasteiger partial charge on any atom is -0.352 e. The lowest BCUT2D eigenvalue weighted by Gasteiger charge is -2.33. The molecule has 30 heavy (non-hydrogen) atoms. The summed E-state index contributed by atoms with van der Waals surface area (Å²) in [6.45, 7) is 5.05. The van der Waals surface area contributed by atoms with Gasteiger partial charge >= 0.3 is 0 Å². The van der Waals surface area contributed by atoms with Crippen molar-refractivity contribution >= 4 is 46.9 Å². The van der Waals surface area contributed by atoms with Crippen LogP contribution in [0, 0.1) is 0 Å². The molecular formula is C23H29IN6. The molecule has 0 amide bonds. The van der Waals surface area contributed by atoms with Crippen LogP contribution in [0.25, 0.3) is 11.0 Å². The minimum absolute atomic E-state index is 0. The van der Waals surface area contributed by atoms with Crippen molar-refractivity contribution in [3.8, 4) is 0 Å². The predicted molar refractivity (Wildman–Crippen MR) is 134 cm³/mol. The Morgan fingerprint density at radius 2 is 1.90 bits per heavy atom. The van der Waals surface area contributed by atoms with Gasteiger partial charge in [0.25, 0.3) is 0 Å². The van der Waals surface area contributed by atoms with E-state index < -0.39 is 0 Å². The summed E-state index contributed by atoms with van der Waals surface area (Å²) in [5, 5.41) is 7.25. The standard InChI is InChI=1S/C23H28N6.HI/c1-16(17-8-3-2-4-9-17)21-14-24-22(26-21)25-18-10-7-13-29(15-18)23-27-19-11-5-6-12-20(19)28-23;/h2-6,8-9,11-12,16,18,21H,7,10,13-15H2,1H3,(H,27,28)(H2,24,25,26);1H. The van der Waals surface area contributed by atoms with Crippen LogP contribution in [-0.4, -0.2) is 47.6 Å². The molecule has 1 fully saturated rings. The SMILES string of the molecule is CC(c1ccccc1)C1CN=C(NC2CCCN(c3nc4ccccc4[nH]3)C2)N1.I. The highest BCUT2D eigenvalue weighted by Gasteiger charge is 2.28. The van der Waals surface area contributed by atoms with Crippen LogP contribution in [0.5, 0.6) is 0 Å². The smallest absolute Gasteiger partial charge is 0.203 e. The maximum Gasteiger partial charge on any atom is 0.203 e. The second-order valence-corrected chi connectivity index (χ2v) is 8.15. The first-order valence-electron chi connectivity index (χ1n) is 10.6. The van der Waals surface area contributed by atoms with E-state index in [9.17, 15) is 0 Å². The maximum absolute atomic E-state index is 4.77. The van der Waals surface area contributed by atoms with Gasteiger partial charge in [0, 0.05) is 25.0 Å². The number of nitrogens with one attached hydrogen (secondary N) is 3. The second-order valence-electron chi connectivity index (χ2n) is 8.15. The summed E-state index contributed by atoms with van der Waals surface area (Å²) >= 11 is 0. The van der Waals surface area contributed by atoms with E-state index >= 15 is 0 Å². The number of hydrogen-bond donors (Lipinski definition) is 3. The maximum atomic E-state index is 4.77. The van der Waals surface area contributed by atoms with Gasteiger partial charge in [-0.3, -0.25) is 4.99 Å². The molecular weight excluding hydrogens is 487 g/mol. The van der Waals surface area contributed by atoms with Gasteiger partial charge in [-0.2, -0.15) is 0 Å². The highest BCUT2D eigenvalue weighted by atomic mass is 127. The van der Waals surface area contributed by atoms with Crippen molar-refractivity contribution in [2.24, 2.45) is 4.99 Å². The lowest BCUT2D eigenvalue weighted by atomic mass is 9.94. The van der Waals surface area contributed by atoms with Crippen molar-refractivity contribution in [2.45, 2.75) is 37.8 Å². The summed E-state index contributed by atoms with van der Waals surface area (Å²) in [7, 11) is 0. The van der Waals surface area contributed by atoms with Gasteiger partial charge in [-0.15, -0.1) is 24.0 Å². The van der Waals surface area contributed by atoms with Gasteiger partial charge < -0.3 is 20.5 Å². The third kappa shape index (κ3) is 4.40. The molecule has 158 valence electrons. The molecule has 0 bridgehead atoms. The molecule has 3 atom stereocenters. The highest BCUT2D eigenvalue weighted by Crippen LogP contribution is 2.23. The van der Waals surface area contributed by atoms with E-state index in [1.807, 2.05) is 12.1 Å². The predicted octanol–water partition coefficient (Wildman–Crippen LogP) is 3.87. The Hall–Kier alpha value is -2.29. The number of para-hydroxylation sites is 2. The Bertz CT molecular complexity index is 968. The van der Waals surface area contributed by atoms with Gasteiger partial charge in [-0.25, -0.2) is 4.98 Å². The normalized spacial score (nSPS) is 22.2. The summed E-state index contributed by atoms with van der Waals surface area (Å²) in [5.41, 5.74) is 3.48. The number of piperidine rings is 1. The summed E-state index contributed by atoms with van der Waals surface area (Å²) in [6, 6.07) is 19.6. The van der Waals surface area contributed by atoms with Gasteiger partial charge in [-0.05, 0) is 30.5 Å². The number of benzene rings is 2. The molecule has 6 nitrogen and oxygen atoms in total. The van der Waals surface area contributed by atoms with Gasteiger partial charge in [0.1, 0.15) is 0 Å². The largest absolute Gasteiger partial charge is 0.352 e. The number of guanidine groups is 1. The zero-order valence-corrected chi connectivity index (χ0v) is 19.5. The van der Waals surface area contributed by atoms with E-state index in [2.05, 4.69) is 69.9 Å². The molecule has 2 aliphatic heterocycles. The molecule has 2 aliphatic rings. The Kier molecular flexibility index (Phi) is 6.46. The van der Waals surface area contributed by atoms with Crippen LogP contribution in [0.4, 0.5) is 5.95 Å². The Morgan fingerprint density at radius 1 is 1.10 bits per heavy atom. The van der Waals surface area contributed by atoms with E-state index in [-0.39, 0.29) is 24.0 Å². The first-order valence-corrected chi connectivity index (χ1v) is 10.6. The fraction of sp³-hybridized carbons (Fsp3) is 0.391.